The third kappa shape index (κ3) is 0.789. The third-order valence-electron chi connectivity index (χ3n) is 4.70. The highest BCUT2D eigenvalue weighted by molar-refractivity contribution is 5.90. The summed E-state index contributed by atoms with van der Waals surface area (Å²) in [5.41, 5.74) is -0.306. The van der Waals surface area contributed by atoms with Crippen LogP contribution < -0.4 is 0 Å². The maximum atomic E-state index is 11.9. The van der Waals surface area contributed by atoms with Gasteiger partial charge < -0.3 is 0 Å². The van der Waals surface area contributed by atoms with Crippen molar-refractivity contribution in [1.82, 2.24) is 0 Å². The fourth-order valence-corrected chi connectivity index (χ4v) is 3.54. The van der Waals surface area contributed by atoms with Gasteiger partial charge in [0.15, 0.2) is 11.4 Å². The second-order valence-electron chi connectivity index (χ2n) is 5.48. The van der Waals surface area contributed by atoms with Crippen LogP contribution >= 0.6 is 0 Å². The molecule has 0 radical (unpaired) electrons. The molecule has 3 saturated carbocycles. The summed E-state index contributed by atoms with van der Waals surface area (Å²) in [6, 6.07) is 0. The molecule has 1 aliphatic heterocycles. The van der Waals surface area contributed by atoms with Gasteiger partial charge >= 0.3 is 0 Å². The average molecular weight is 196 g/mol. The van der Waals surface area contributed by atoms with Crippen molar-refractivity contribution in [3.8, 4) is 0 Å². The Kier molecular flexibility index (Phi) is 1.51. The Morgan fingerprint density at radius 3 is 2.79 bits per heavy atom. The van der Waals surface area contributed by atoms with E-state index in [1.807, 2.05) is 0 Å². The SMILES string of the molecule is CC1(C)C2CC(=O)[C@@]3(CCOO3)C1C2. The average Bonchev–Trinajstić information content (AvgIpc) is 2.59. The minimum Gasteiger partial charge on any atom is -0.296 e. The van der Waals surface area contributed by atoms with Crippen LogP contribution in [-0.2, 0) is 14.6 Å². The van der Waals surface area contributed by atoms with Crippen LogP contribution in [0, 0.1) is 17.3 Å². The van der Waals surface area contributed by atoms with Gasteiger partial charge in [-0.05, 0) is 17.8 Å². The molecule has 3 heteroatoms. The van der Waals surface area contributed by atoms with Crippen LogP contribution in [0.25, 0.3) is 0 Å². The van der Waals surface area contributed by atoms with Gasteiger partial charge in [0.05, 0.1) is 6.61 Å². The zero-order valence-electron chi connectivity index (χ0n) is 8.71. The molecule has 4 fully saturated rings. The second-order valence-corrected chi connectivity index (χ2v) is 5.48. The van der Waals surface area contributed by atoms with Gasteiger partial charge in [0.25, 0.3) is 0 Å². The van der Waals surface area contributed by atoms with E-state index in [4.69, 9.17) is 9.78 Å². The van der Waals surface area contributed by atoms with Crippen LogP contribution in [0.1, 0.15) is 33.1 Å². The molecule has 78 valence electrons. The standard InChI is InChI=1S/C11H16O3/c1-10(2)7-5-8(10)11(9(12)6-7)3-4-13-14-11/h7-8H,3-6H2,1-2H3/t7?,8?,11-/m1/s1. The summed E-state index contributed by atoms with van der Waals surface area (Å²) in [5.74, 6) is 1.23. The first-order valence-electron chi connectivity index (χ1n) is 5.41. The van der Waals surface area contributed by atoms with E-state index in [0.717, 1.165) is 12.8 Å². The van der Waals surface area contributed by atoms with Crippen LogP contribution in [0.15, 0.2) is 0 Å². The first-order chi connectivity index (χ1) is 6.57. The molecule has 0 aromatic rings. The summed E-state index contributed by atoms with van der Waals surface area (Å²) < 4.78 is 0. The van der Waals surface area contributed by atoms with Crippen molar-refractivity contribution in [2.75, 3.05) is 6.61 Å². The smallest absolute Gasteiger partial charge is 0.168 e. The van der Waals surface area contributed by atoms with Gasteiger partial charge in [-0.1, -0.05) is 13.8 Å². The van der Waals surface area contributed by atoms with E-state index >= 15 is 0 Å². The number of fused-ring (bicyclic) bond motifs is 1. The minimum absolute atomic E-state index is 0.265. The highest BCUT2D eigenvalue weighted by Crippen LogP contribution is 2.64. The molecule has 14 heavy (non-hydrogen) atoms. The third-order valence-corrected chi connectivity index (χ3v) is 4.70. The highest BCUT2D eigenvalue weighted by Gasteiger charge is 2.67. The fraction of sp³-hybridized carbons (Fsp3) is 0.909. The number of carbonyl (C=O) groups excluding carboxylic acids is 1. The van der Waals surface area contributed by atoms with Gasteiger partial charge in [-0.3, -0.25) is 4.79 Å². The van der Waals surface area contributed by atoms with Crippen molar-refractivity contribution in [3.63, 3.8) is 0 Å². The largest absolute Gasteiger partial charge is 0.296 e. The summed E-state index contributed by atoms with van der Waals surface area (Å²) in [5, 5.41) is 0. The van der Waals surface area contributed by atoms with Crippen molar-refractivity contribution in [2.24, 2.45) is 17.3 Å². The lowest BCUT2D eigenvalue weighted by Gasteiger charge is -2.61. The van der Waals surface area contributed by atoms with E-state index in [0.29, 0.717) is 24.9 Å². The molecule has 0 amide bonds. The predicted molar refractivity (Wildman–Crippen MR) is 49.4 cm³/mol. The van der Waals surface area contributed by atoms with E-state index in [2.05, 4.69) is 13.8 Å². The lowest BCUT2D eigenvalue weighted by Crippen LogP contribution is -2.65. The molecule has 2 unspecified atom stereocenters. The van der Waals surface area contributed by atoms with Crippen LogP contribution in [0.4, 0.5) is 0 Å². The number of ketones is 1. The Balaban J connectivity index is 1.99. The van der Waals surface area contributed by atoms with Gasteiger partial charge in [-0.2, -0.15) is 0 Å². The molecular formula is C11H16O3. The molecule has 4 rings (SSSR count). The van der Waals surface area contributed by atoms with E-state index in [-0.39, 0.29) is 11.2 Å². The lowest BCUT2D eigenvalue weighted by atomic mass is 9.43. The number of carbonyl (C=O) groups is 1. The van der Waals surface area contributed by atoms with Crippen molar-refractivity contribution in [2.45, 2.75) is 38.7 Å². The molecule has 4 aliphatic rings. The van der Waals surface area contributed by atoms with Crippen LogP contribution in [0.5, 0.6) is 0 Å². The monoisotopic (exact) mass is 196 g/mol. The second kappa shape index (κ2) is 2.39. The number of Topliss-reactive ketones (excluding diaryl/α,β-unsaturated/α-hetero) is 1. The molecule has 2 bridgehead atoms. The number of rotatable bonds is 0. The zero-order valence-corrected chi connectivity index (χ0v) is 8.71. The normalized spacial score (nSPS) is 49.4. The summed E-state index contributed by atoms with van der Waals surface area (Å²) in [7, 11) is 0. The summed E-state index contributed by atoms with van der Waals surface area (Å²) >= 11 is 0. The van der Waals surface area contributed by atoms with Crippen LogP contribution in [0.3, 0.4) is 0 Å². The Hall–Kier alpha value is -0.410. The van der Waals surface area contributed by atoms with Crippen LogP contribution in [0.2, 0.25) is 0 Å². The highest BCUT2D eigenvalue weighted by atomic mass is 17.2. The number of hydrogen-bond donors (Lipinski definition) is 0. The minimum atomic E-state index is -0.571. The zero-order chi connectivity index (χ0) is 9.97. The maximum Gasteiger partial charge on any atom is 0.168 e. The van der Waals surface area contributed by atoms with Gasteiger partial charge in [-0.25, -0.2) is 9.78 Å². The quantitative estimate of drug-likeness (QED) is 0.553. The van der Waals surface area contributed by atoms with Crippen molar-refractivity contribution >= 4 is 5.78 Å². The van der Waals surface area contributed by atoms with E-state index in [1.165, 1.54) is 0 Å². The van der Waals surface area contributed by atoms with Crippen molar-refractivity contribution < 1.29 is 14.6 Å². The molecule has 3 aliphatic carbocycles. The van der Waals surface area contributed by atoms with Gasteiger partial charge in [-0.15, -0.1) is 0 Å². The summed E-state index contributed by atoms with van der Waals surface area (Å²) in [6.07, 6.45) is 2.58. The molecule has 1 heterocycles. The van der Waals surface area contributed by atoms with E-state index in [9.17, 15) is 4.79 Å². The van der Waals surface area contributed by atoms with Crippen LogP contribution in [-0.4, -0.2) is 18.0 Å². The molecule has 0 aromatic carbocycles. The summed E-state index contributed by atoms with van der Waals surface area (Å²) in [6.45, 7) is 5.08. The first-order valence-corrected chi connectivity index (χ1v) is 5.41. The van der Waals surface area contributed by atoms with Gasteiger partial charge in [0, 0.05) is 18.8 Å². The lowest BCUT2D eigenvalue weighted by molar-refractivity contribution is -0.337. The Morgan fingerprint density at radius 2 is 2.21 bits per heavy atom. The van der Waals surface area contributed by atoms with Crippen molar-refractivity contribution in [3.05, 3.63) is 0 Å². The van der Waals surface area contributed by atoms with E-state index in [1.54, 1.807) is 0 Å². The molecule has 3 nitrogen and oxygen atoms in total. The van der Waals surface area contributed by atoms with Gasteiger partial charge in [0.2, 0.25) is 0 Å². The first kappa shape index (κ1) is 8.86. The Morgan fingerprint density at radius 1 is 1.43 bits per heavy atom. The maximum absolute atomic E-state index is 11.9. The molecular weight excluding hydrogens is 180 g/mol. The molecule has 1 spiro atoms. The fourth-order valence-electron chi connectivity index (χ4n) is 3.54. The Labute approximate surface area is 83.7 Å². The van der Waals surface area contributed by atoms with E-state index < -0.39 is 5.60 Å². The van der Waals surface area contributed by atoms with Gasteiger partial charge in [0.1, 0.15) is 0 Å². The molecule has 0 N–H and O–H groups in total. The Bertz CT molecular complexity index is 289. The predicted octanol–water partition coefficient (Wildman–Crippen LogP) is 1.71. The molecule has 1 saturated heterocycles. The summed E-state index contributed by atoms with van der Waals surface area (Å²) in [4.78, 5) is 22.2. The van der Waals surface area contributed by atoms with Crippen molar-refractivity contribution in [1.29, 1.82) is 0 Å². The topological polar surface area (TPSA) is 35.5 Å². The number of hydrogen-bond acceptors (Lipinski definition) is 3. The molecule has 0 aromatic heterocycles. The molecule has 3 atom stereocenters.